The second-order valence-corrected chi connectivity index (χ2v) is 3.88. The van der Waals surface area contributed by atoms with Crippen LogP contribution in [0.1, 0.15) is 6.92 Å². The molecule has 0 aliphatic carbocycles. The predicted molar refractivity (Wildman–Crippen MR) is 64.0 cm³/mol. The lowest BCUT2D eigenvalue weighted by atomic mass is 10.2. The molecule has 4 nitrogen and oxygen atoms in total. The minimum Gasteiger partial charge on any atom is -0.336 e. The summed E-state index contributed by atoms with van der Waals surface area (Å²) >= 11 is 5.73. The molecule has 0 spiro atoms. The van der Waals surface area contributed by atoms with E-state index >= 15 is 0 Å². The minimum absolute atomic E-state index is 0. The predicted octanol–water partition coefficient (Wildman–Crippen LogP) is 1.35. The molecule has 15 heavy (non-hydrogen) atoms. The first-order valence-corrected chi connectivity index (χ1v) is 5.10. The van der Waals surface area contributed by atoms with E-state index in [-0.39, 0.29) is 12.4 Å². The van der Waals surface area contributed by atoms with Crippen molar-refractivity contribution in [1.82, 2.24) is 15.3 Å². The number of rotatable bonds is 1. The fourth-order valence-corrected chi connectivity index (χ4v) is 1.69. The van der Waals surface area contributed by atoms with Gasteiger partial charge in [-0.25, -0.2) is 9.97 Å². The number of nitrogens with zero attached hydrogens (tertiary/aromatic N) is 3. The average molecular weight is 249 g/mol. The lowest BCUT2D eigenvalue weighted by Crippen LogP contribution is -2.50. The molecule has 6 heteroatoms. The summed E-state index contributed by atoms with van der Waals surface area (Å²) < 4.78 is 0. The third-order valence-electron chi connectivity index (χ3n) is 2.36. The Kier molecular flexibility index (Phi) is 4.57. The standard InChI is InChI=1S/C9H13ClN4.ClH/c1-7-4-11-2-3-14(7)9-12-5-8(10)6-13-9;/h5-7,11H,2-4H2,1H3;1H. The van der Waals surface area contributed by atoms with E-state index in [0.29, 0.717) is 11.1 Å². The third-order valence-corrected chi connectivity index (χ3v) is 2.56. The molecule has 1 aliphatic rings. The van der Waals surface area contributed by atoms with Crippen LogP contribution in [-0.2, 0) is 0 Å². The van der Waals surface area contributed by atoms with Crippen molar-refractivity contribution in [2.75, 3.05) is 24.5 Å². The van der Waals surface area contributed by atoms with Crippen molar-refractivity contribution in [3.8, 4) is 0 Å². The van der Waals surface area contributed by atoms with Crippen molar-refractivity contribution >= 4 is 30.0 Å². The Morgan fingerprint density at radius 2 is 2.13 bits per heavy atom. The summed E-state index contributed by atoms with van der Waals surface area (Å²) in [5.74, 6) is 0.767. The number of hydrogen-bond donors (Lipinski definition) is 1. The first kappa shape index (κ1) is 12.5. The Bertz CT molecular complexity index is 303. The molecule has 0 aromatic carbocycles. The lowest BCUT2D eigenvalue weighted by Gasteiger charge is -2.33. The van der Waals surface area contributed by atoms with Gasteiger partial charge in [0.15, 0.2) is 0 Å². The maximum Gasteiger partial charge on any atom is 0.225 e. The number of halogens is 2. The first-order valence-electron chi connectivity index (χ1n) is 4.72. The summed E-state index contributed by atoms with van der Waals surface area (Å²) in [7, 11) is 0. The van der Waals surface area contributed by atoms with Crippen molar-refractivity contribution in [2.24, 2.45) is 0 Å². The molecule has 84 valence electrons. The molecular weight excluding hydrogens is 235 g/mol. The van der Waals surface area contributed by atoms with Gasteiger partial charge in [-0.2, -0.15) is 0 Å². The second-order valence-electron chi connectivity index (χ2n) is 3.45. The number of nitrogens with one attached hydrogen (secondary N) is 1. The molecule has 1 fully saturated rings. The molecule has 2 heterocycles. The first-order chi connectivity index (χ1) is 6.77. The molecule has 1 atom stereocenters. The molecule has 1 aliphatic heterocycles. The molecule has 1 saturated heterocycles. The largest absolute Gasteiger partial charge is 0.336 e. The smallest absolute Gasteiger partial charge is 0.225 e. The van der Waals surface area contributed by atoms with Crippen LogP contribution in [0.3, 0.4) is 0 Å². The van der Waals surface area contributed by atoms with Gasteiger partial charge in [-0.1, -0.05) is 11.6 Å². The fourth-order valence-electron chi connectivity index (χ4n) is 1.59. The van der Waals surface area contributed by atoms with Crippen LogP contribution in [-0.4, -0.2) is 35.6 Å². The molecule has 1 aromatic heterocycles. The number of hydrogen-bond acceptors (Lipinski definition) is 4. The Balaban J connectivity index is 0.00000112. The van der Waals surface area contributed by atoms with E-state index < -0.39 is 0 Å². The van der Waals surface area contributed by atoms with Crippen LogP contribution in [0.15, 0.2) is 12.4 Å². The van der Waals surface area contributed by atoms with Gasteiger partial charge < -0.3 is 10.2 Å². The highest BCUT2D eigenvalue weighted by molar-refractivity contribution is 6.30. The Morgan fingerprint density at radius 3 is 2.73 bits per heavy atom. The molecule has 0 saturated carbocycles. The summed E-state index contributed by atoms with van der Waals surface area (Å²) in [6, 6.07) is 0.435. The highest BCUT2D eigenvalue weighted by atomic mass is 35.5. The number of piperazine rings is 1. The van der Waals surface area contributed by atoms with Crippen LogP contribution in [0.25, 0.3) is 0 Å². The van der Waals surface area contributed by atoms with Gasteiger partial charge in [0.05, 0.1) is 17.4 Å². The number of anilines is 1. The lowest BCUT2D eigenvalue weighted by molar-refractivity contribution is 0.493. The van der Waals surface area contributed by atoms with Gasteiger partial charge in [0.2, 0.25) is 5.95 Å². The summed E-state index contributed by atoms with van der Waals surface area (Å²) in [5, 5.41) is 3.90. The van der Waals surface area contributed by atoms with Gasteiger partial charge in [0.25, 0.3) is 0 Å². The van der Waals surface area contributed by atoms with Gasteiger partial charge >= 0.3 is 0 Å². The van der Waals surface area contributed by atoms with E-state index in [0.717, 1.165) is 25.6 Å². The van der Waals surface area contributed by atoms with Gasteiger partial charge in [-0.3, -0.25) is 0 Å². The van der Waals surface area contributed by atoms with E-state index in [2.05, 4.69) is 27.1 Å². The van der Waals surface area contributed by atoms with Crippen molar-refractivity contribution in [3.63, 3.8) is 0 Å². The molecule has 2 rings (SSSR count). The van der Waals surface area contributed by atoms with E-state index in [1.165, 1.54) is 0 Å². The van der Waals surface area contributed by atoms with Crippen LogP contribution in [0.2, 0.25) is 5.02 Å². The van der Waals surface area contributed by atoms with Crippen LogP contribution in [0.5, 0.6) is 0 Å². The fraction of sp³-hybridized carbons (Fsp3) is 0.556. The Morgan fingerprint density at radius 1 is 1.47 bits per heavy atom. The van der Waals surface area contributed by atoms with Crippen molar-refractivity contribution in [3.05, 3.63) is 17.4 Å². The summed E-state index contributed by atoms with van der Waals surface area (Å²) in [6.45, 7) is 5.06. The summed E-state index contributed by atoms with van der Waals surface area (Å²) in [5.41, 5.74) is 0. The van der Waals surface area contributed by atoms with Crippen LogP contribution < -0.4 is 10.2 Å². The number of aromatic nitrogens is 2. The molecule has 0 amide bonds. The summed E-state index contributed by atoms with van der Waals surface area (Å²) in [6.07, 6.45) is 3.28. The second kappa shape index (κ2) is 5.49. The molecule has 0 bridgehead atoms. The van der Waals surface area contributed by atoms with E-state index in [1.807, 2.05) is 0 Å². The normalized spacial score (nSPS) is 20.9. The highest BCUT2D eigenvalue weighted by Gasteiger charge is 2.19. The quantitative estimate of drug-likeness (QED) is 0.815. The van der Waals surface area contributed by atoms with Gasteiger partial charge in [-0.15, -0.1) is 12.4 Å². The zero-order valence-electron chi connectivity index (χ0n) is 8.48. The highest BCUT2D eigenvalue weighted by Crippen LogP contribution is 2.13. The van der Waals surface area contributed by atoms with Crippen molar-refractivity contribution in [1.29, 1.82) is 0 Å². The molecular formula is C9H14Cl2N4. The maximum atomic E-state index is 5.73. The van der Waals surface area contributed by atoms with Gasteiger partial charge in [0, 0.05) is 25.7 Å². The molecule has 1 aromatic rings. The van der Waals surface area contributed by atoms with Crippen LogP contribution >= 0.6 is 24.0 Å². The topological polar surface area (TPSA) is 41.0 Å². The SMILES string of the molecule is CC1CNCCN1c1ncc(Cl)cn1.Cl. The maximum absolute atomic E-state index is 5.73. The van der Waals surface area contributed by atoms with Gasteiger partial charge in [0.1, 0.15) is 0 Å². The monoisotopic (exact) mass is 248 g/mol. The minimum atomic E-state index is 0. The third kappa shape index (κ3) is 2.93. The molecule has 0 radical (unpaired) electrons. The molecule has 1 unspecified atom stereocenters. The van der Waals surface area contributed by atoms with Crippen molar-refractivity contribution < 1.29 is 0 Å². The zero-order chi connectivity index (χ0) is 9.97. The Hall–Kier alpha value is -0.580. The average Bonchev–Trinajstić information content (AvgIpc) is 2.20. The van der Waals surface area contributed by atoms with Crippen LogP contribution in [0.4, 0.5) is 5.95 Å². The van der Waals surface area contributed by atoms with Gasteiger partial charge in [-0.05, 0) is 6.92 Å². The van der Waals surface area contributed by atoms with E-state index in [9.17, 15) is 0 Å². The Labute approximate surface area is 100 Å². The zero-order valence-corrected chi connectivity index (χ0v) is 10.1. The molecule has 1 N–H and O–H groups in total. The van der Waals surface area contributed by atoms with E-state index in [1.54, 1.807) is 12.4 Å². The summed E-state index contributed by atoms with van der Waals surface area (Å²) in [4.78, 5) is 10.6. The van der Waals surface area contributed by atoms with E-state index in [4.69, 9.17) is 11.6 Å². The van der Waals surface area contributed by atoms with Crippen LogP contribution in [0, 0.1) is 0 Å². The van der Waals surface area contributed by atoms with Crippen molar-refractivity contribution in [2.45, 2.75) is 13.0 Å².